The van der Waals surface area contributed by atoms with Crippen molar-refractivity contribution in [1.82, 2.24) is 9.38 Å². The summed E-state index contributed by atoms with van der Waals surface area (Å²) in [4.78, 5) is 4.73. The van der Waals surface area contributed by atoms with Crippen LogP contribution in [0.2, 0.25) is 0 Å². The number of alkyl halides is 2. The molecule has 0 fully saturated rings. The summed E-state index contributed by atoms with van der Waals surface area (Å²) < 4.78 is 38.2. The molecular weight excluding hydrogens is 326 g/mol. The van der Waals surface area contributed by atoms with Gasteiger partial charge in [-0.15, -0.1) is 0 Å². The van der Waals surface area contributed by atoms with Crippen molar-refractivity contribution in [1.29, 1.82) is 0 Å². The maximum absolute atomic E-state index is 12.8. The smallest absolute Gasteiger partial charge is 0.387 e. The Morgan fingerprint density at radius 1 is 1.20 bits per heavy atom. The van der Waals surface area contributed by atoms with Gasteiger partial charge in [-0.05, 0) is 31.5 Å². The molecule has 130 valence electrons. The molecule has 0 aliphatic heterocycles. The van der Waals surface area contributed by atoms with Crippen molar-refractivity contribution in [2.75, 3.05) is 7.11 Å². The van der Waals surface area contributed by atoms with Crippen LogP contribution in [0.3, 0.4) is 0 Å². The number of hydrogen-bond acceptors (Lipinski definition) is 3. The van der Waals surface area contributed by atoms with Gasteiger partial charge in [-0.25, -0.2) is 4.98 Å². The van der Waals surface area contributed by atoms with E-state index < -0.39 is 12.2 Å². The van der Waals surface area contributed by atoms with E-state index in [1.165, 1.54) is 0 Å². The maximum atomic E-state index is 12.8. The van der Waals surface area contributed by atoms with Crippen LogP contribution < -0.4 is 4.74 Å². The second kappa shape index (κ2) is 5.81. The molecule has 0 bridgehead atoms. The van der Waals surface area contributed by atoms with Gasteiger partial charge in [0.05, 0.1) is 11.4 Å². The predicted octanol–water partition coefficient (Wildman–Crippen LogP) is 4.33. The van der Waals surface area contributed by atoms with Crippen LogP contribution in [0.1, 0.15) is 36.2 Å². The normalized spacial score (nSPS) is 22.5. The Morgan fingerprint density at radius 3 is 2.72 bits per heavy atom. The van der Waals surface area contributed by atoms with E-state index in [9.17, 15) is 8.78 Å². The third-order valence-corrected chi connectivity index (χ3v) is 4.95. The molecule has 0 N–H and O–H groups in total. The van der Waals surface area contributed by atoms with Crippen molar-refractivity contribution < 1.29 is 18.3 Å². The molecule has 2 aromatic heterocycles. The third kappa shape index (κ3) is 2.48. The van der Waals surface area contributed by atoms with Crippen LogP contribution in [0, 0.1) is 0 Å². The number of imidazole rings is 1. The molecular formula is C19H18F2N2O2. The third-order valence-electron chi connectivity index (χ3n) is 4.95. The fourth-order valence-corrected chi connectivity index (χ4v) is 3.73. The molecule has 0 saturated heterocycles. The first-order valence-electron chi connectivity index (χ1n) is 8.10. The molecule has 6 heteroatoms. The zero-order valence-corrected chi connectivity index (χ0v) is 13.9. The van der Waals surface area contributed by atoms with E-state index in [0.717, 1.165) is 22.6 Å². The van der Waals surface area contributed by atoms with Crippen LogP contribution >= 0.6 is 0 Å². The summed E-state index contributed by atoms with van der Waals surface area (Å²) in [7, 11) is 1.65. The Kier molecular flexibility index (Phi) is 3.72. The second-order valence-electron chi connectivity index (χ2n) is 6.38. The Bertz CT molecular complexity index is 925. The number of benzene rings is 1. The standard InChI is InChI=1S/C19H18F2N2O2/c1-19(24-2)11-13(12-7-3-4-8-14(12)25-18(20)21)16-17(19)22-15-9-5-6-10-23(15)16/h3-10,13,18H,11H2,1-2H3. The number of para-hydroxylation sites is 1. The number of halogens is 2. The first-order chi connectivity index (χ1) is 12.0. The summed E-state index contributed by atoms with van der Waals surface area (Å²) in [5.74, 6) is 0.0481. The molecule has 0 saturated carbocycles. The van der Waals surface area contributed by atoms with E-state index in [1.807, 2.05) is 47.9 Å². The number of nitrogens with zero attached hydrogens (tertiary/aromatic N) is 2. The van der Waals surface area contributed by atoms with Crippen LogP contribution in [0.4, 0.5) is 8.78 Å². The molecule has 2 heterocycles. The van der Waals surface area contributed by atoms with Crippen LogP contribution in [-0.2, 0) is 10.3 Å². The van der Waals surface area contributed by atoms with Gasteiger partial charge in [0.15, 0.2) is 0 Å². The number of hydrogen-bond donors (Lipinski definition) is 0. The van der Waals surface area contributed by atoms with Gasteiger partial charge < -0.3 is 13.9 Å². The lowest BCUT2D eigenvalue weighted by Crippen LogP contribution is -2.22. The van der Waals surface area contributed by atoms with E-state index in [4.69, 9.17) is 14.5 Å². The lowest BCUT2D eigenvalue weighted by atomic mass is 9.92. The predicted molar refractivity (Wildman–Crippen MR) is 89.1 cm³/mol. The fraction of sp³-hybridized carbons (Fsp3) is 0.316. The summed E-state index contributed by atoms with van der Waals surface area (Å²) in [5.41, 5.74) is 2.76. The highest BCUT2D eigenvalue weighted by molar-refractivity contribution is 5.53. The van der Waals surface area contributed by atoms with Gasteiger partial charge in [-0.3, -0.25) is 0 Å². The lowest BCUT2D eigenvalue weighted by molar-refractivity contribution is -0.0508. The van der Waals surface area contributed by atoms with Gasteiger partial charge in [0.25, 0.3) is 0 Å². The Morgan fingerprint density at radius 2 is 1.96 bits per heavy atom. The maximum Gasteiger partial charge on any atom is 0.387 e. The summed E-state index contributed by atoms with van der Waals surface area (Å²) in [6.45, 7) is -0.882. The number of aromatic nitrogens is 2. The van der Waals surface area contributed by atoms with E-state index in [0.29, 0.717) is 6.42 Å². The van der Waals surface area contributed by atoms with Crippen LogP contribution in [0.15, 0.2) is 48.7 Å². The molecule has 2 unspecified atom stereocenters. The minimum Gasteiger partial charge on any atom is -0.435 e. The van der Waals surface area contributed by atoms with Crippen molar-refractivity contribution in [2.45, 2.75) is 31.5 Å². The summed E-state index contributed by atoms with van der Waals surface area (Å²) in [6, 6.07) is 12.7. The van der Waals surface area contributed by atoms with Crippen molar-refractivity contribution in [3.63, 3.8) is 0 Å². The van der Waals surface area contributed by atoms with Crippen molar-refractivity contribution in [2.24, 2.45) is 0 Å². The Balaban J connectivity index is 1.92. The van der Waals surface area contributed by atoms with E-state index in [2.05, 4.69) is 0 Å². The molecule has 1 aliphatic carbocycles. The fourth-order valence-electron chi connectivity index (χ4n) is 3.73. The summed E-state index contributed by atoms with van der Waals surface area (Å²) in [6.07, 6.45) is 2.55. The largest absolute Gasteiger partial charge is 0.435 e. The topological polar surface area (TPSA) is 35.8 Å². The average molecular weight is 344 g/mol. The highest BCUT2D eigenvalue weighted by atomic mass is 19.3. The van der Waals surface area contributed by atoms with E-state index in [1.54, 1.807) is 19.2 Å². The second-order valence-corrected chi connectivity index (χ2v) is 6.38. The number of fused-ring (bicyclic) bond motifs is 3. The minimum absolute atomic E-state index is 0.146. The number of rotatable bonds is 4. The molecule has 0 spiro atoms. The Hall–Kier alpha value is -2.47. The van der Waals surface area contributed by atoms with Crippen molar-refractivity contribution in [3.8, 4) is 5.75 Å². The summed E-state index contributed by atoms with van der Waals surface area (Å²) >= 11 is 0. The van der Waals surface area contributed by atoms with Crippen LogP contribution in [0.5, 0.6) is 5.75 Å². The average Bonchev–Trinajstić information content (AvgIpc) is 3.12. The van der Waals surface area contributed by atoms with Gasteiger partial charge in [-0.2, -0.15) is 8.78 Å². The van der Waals surface area contributed by atoms with Gasteiger partial charge in [0.1, 0.15) is 17.0 Å². The van der Waals surface area contributed by atoms with Crippen molar-refractivity contribution in [3.05, 3.63) is 65.6 Å². The van der Waals surface area contributed by atoms with Gasteiger partial charge in [0.2, 0.25) is 0 Å². The van der Waals surface area contributed by atoms with E-state index >= 15 is 0 Å². The molecule has 3 aromatic rings. The molecule has 0 amide bonds. The van der Waals surface area contributed by atoms with Crippen molar-refractivity contribution >= 4 is 5.65 Å². The van der Waals surface area contributed by atoms with Gasteiger partial charge in [0, 0.05) is 24.8 Å². The SMILES string of the molecule is COC1(C)CC(c2ccccc2OC(F)F)c2c1nc1ccccn21. The molecule has 25 heavy (non-hydrogen) atoms. The number of pyridine rings is 1. The summed E-state index contributed by atoms with van der Waals surface area (Å²) in [5, 5.41) is 0. The zero-order valence-electron chi connectivity index (χ0n) is 13.9. The molecule has 1 aliphatic rings. The Labute approximate surface area is 144 Å². The molecule has 1 aromatic carbocycles. The first-order valence-corrected chi connectivity index (χ1v) is 8.10. The first kappa shape index (κ1) is 16.0. The van der Waals surface area contributed by atoms with Crippen LogP contribution in [0.25, 0.3) is 5.65 Å². The highest BCUT2D eigenvalue weighted by Crippen LogP contribution is 2.50. The van der Waals surface area contributed by atoms with Gasteiger partial charge in [-0.1, -0.05) is 24.3 Å². The monoisotopic (exact) mass is 344 g/mol. The van der Waals surface area contributed by atoms with E-state index in [-0.39, 0.29) is 11.7 Å². The number of methoxy groups -OCH3 is 1. The minimum atomic E-state index is -2.86. The number of ether oxygens (including phenoxy) is 2. The van der Waals surface area contributed by atoms with Crippen LogP contribution in [-0.4, -0.2) is 23.1 Å². The molecule has 4 rings (SSSR count). The molecule has 4 nitrogen and oxygen atoms in total. The molecule has 2 atom stereocenters. The zero-order chi connectivity index (χ0) is 17.6. The highest BCUT2D eigenvalue weighted by Gasteiger charge is 2.46. The molecule has 0 radical (unpaired) electrons. The quantitative estimate of drug-likeness (QED) is 0.707. The van der Waals surface area contributed by atoms with Gasteiger partial charge >= 0.3 is 6.61 Å². The lowest BCUT2D eigenvalue weighted by Gasteiger charge is -2.23.